The van der Waals surface area contributed by atoms with Crippen molar-refractivity contribution in [1.29, 1.82) is 0 Å². The van der Waals surface area contributed by atoms with Crippen molar-refractivity contribution in [2.75, 3.05) is 6.54 Å². The number of hydrogen-bond acceptors (Lipinski definition) is 6. The summed E-state index contributed by atoms with van der Waals surface area (Å²) in [6.45, 7) is 2.68. The molecule has 3 aromatic rings. The van der Waals surface area contributed by atoms with Gasteiger partial charge in [0.05, 0.1) is 6.04 Å². The van der Waals surface area contributed by atoms with Gasteiger partial charge in [0.1, 0.15) is 22.6 Å². The molecule has 7 nitrogen and oxygen atoms in total. The van der Waals surface area contributed by atoms with E-state index in [0.717, 1.165) is 29.7 Å². The average molecular weight is 486 g/mol. The van der Waals surface area contributed by atoms with Gasteiger partial charge in [0, 0.05) is 24.5 Å². The number of amides is 1. The molecule has 1 saturated heterocycles. The van der Waals surface area contributed by atoms with E-state index in [1.807, 2.05) is 43.3 Å². The first-order chi connectivity index (χ1) is 15.9. The van der Waals surface area contributed by atoms with Crippen LogP contribution in [0.5, 0.6) is 5.75 Å². The van der Waals surface area contributed by atoms with E-state index in [9.17, 15) is 13.2 Å². The predicted octanol–water partition coefficient (Wildman–Crippen LogP) is 4.14. The summed E-state index contributed by atoms with van der Waals surface area (Å²) in [6.07, 6.45) is 5.58. The fourth-order valence-corrected chi connectivity index (χ4v) is 6.65. The number of thiophene rings is 1. The molecule has 2 aromatic heterocycles. The van der Waals surface area contributed by atoms with Gasteiger partial charge in [-0.1, -0.05) is 30.7 Å². The molecule has 9 heteroatoms. The summed E-state index contributed by atoms with van der Waals surface area (Å²) in [6, 6.07) is 13.7. The van der Waals surface area contributed by atoms with Crippen molar-refractivity contribution in [3.63, 3.8) is 0 Å². The number of carbonyl (C=O) groups is 1. The Morgan fingerprint density at radius 3 is 2.73 bits per heavy atom. The van der Waals surface area contributed by atoms with Crippen molar-refractivity contribution < 1.29 is 17.9 Å². The van der Waals surface area contributed by atoms with E-state index < -0.39 is 16.1 Å². The molecule has 0 aliphatic carbocycles. The third-order valence-corrected chi connectivity index (χ3v) is 8.96. The lowest BCUT2D eigenvalue weighted by Gasteiger charge is -2.34. The molecule has 1 amide bonds. The maximum Gasteiger partial charge on any atom is 0.253 e. The molecule has 3 heterocycles. The molecule has 0 bridgehead atoms. The highest BCUT2D eigenvalue weighted by Gasteiger charge is 2.38. The summed E-state index contributed by atoms with van der Waals surface area (Å²) in [5, 5.41) is 4.73. The van der Waals surface area contributed by atoms with Crippen LogP contribution in [0.4, 0.5) is 0 Å². The number of ether oxygens (including phenoxy) is 1. The molecule has 2 unspecified atom stereocenters. The zero-order valence-electron chi connectivity index (χ0n) is 18.4. The molecule has 1 fully saturated rings. The predicted molar refractivity (Wildman–Crippen MR) is 127 cm³/mol. The van der Waals surface area contributed by atoms with Crippen molar-refractivity contribution in [3.05, 3.63) is 77.4 Å². The zero-order valence-corrected chi connectivity index (χ0v) is 20.0. The van der Waals surface area contributed by atoms with E-state index in [0.29, 0.717) is 19.6 Å². The number of rotatable bonds is 8. The maximum absolute atomic E-state index is 13.1. The largest absolute Gasteiger partial charge is 0.489 e. The second-order valence-electron chi connectivity index (χ2n) is 8.01. The topological polar surface area (TPSA) is 88.6 Å². The summed E-state index contributed by atoms with van der Waals surface area (Å²) in [7, 11) is -3.68. The lowest BCUT2D eigenvalue weighted by molar-refractivity contribution is -0.126. The molecule has 174 valence electrons. The Hall–Kier alpha value is -2.75. The van der Waals surface area contributed by atoms with Crippen molar-refractivity contribution in [3.8, 4) is 5.75 Å². The number of benzene rings is 1. The van der Waals surface area contributed by atoms with Crippen molar-refractivity contribution in [2.24, 2.45) is 0 Å². The van der Waals surface area contributed by atoms with Crippen molar-refractivity contribution in [1.82, 2.24) is 14.6 Å². The molecule has 2 atom stereocenters. The Morgan fingerprint density at radius 2 is 2.03 bits per heavy atom. The number of hydrogen-bond donors (Lipinski definition) is 1. The molecule has 33 heavy (non-hydrogen) atoms. The van der Waals surface area contributed by atoms with Crippen molar-refractivity contribution in [2.45, 2.75) is 49.1 Å². The minimum atomic E-state index is -3.68. The molecule has 4 rings (SSSR count). The van der Waals surface area contributed by atoms with Crippen LogP contribution < -0.4 is 10.1 Å². The highest BCUT2D eigenvalue weighted by molar-refractivity contribution is 7.91. The molecule has 1 N–H and O–H groups in total. The van der Waals surface area contributed by atoms with E-state index in [1.54, 1.807) is 29.9 Å². The molecule has 0 spiro atoms. The molecular weight excluding hydrogens is 458 g/mol. The third-order valence-electron chi connectivity index (χ3n) is 5.68. The second-order valence-corrected chi connectivity index (χ2v) is 11.1. The normalized spacial score (nSPS) is 17.9. The molecule has 0 saturated carbocycles. The van der Waals surface area contributed by atoms with Crippen molar-refractivity contribution >= 4 is 27.3 Å². The SMILES string of the molecule is CC(NC(=O)C1CCCCN1S(=O)(=O)c1cccs1)c1ccc(OCc2cccnc2)cc1. The minimum absolute atomic E-state index is 0.265. The highest BCUT2D eigenvalue weighted by atomic mass is 32.2. The molecule has 0 radical (unpaired) electrons. The van der Waals surface area contributed by atoms with Gasteiger partial charge in [-0.05, 0) is 55.0 Å². The van der Waals surface area contributed by atoms with Gasteiger partial charge in [-0.15, -0.1) is 11.3 Å². The van der Waals surface area contributed by atoms with Crippen LogP contribution in [0.25, 0.3) is 0 Å². The van der Waals surface area contributed by atoms with Gasteiger partial charge in [-0.2, -0.15) is 4.31 Å². The summed E-state index contributed by atoms with van der Waals surface area (Å²) in [4.78, 5) is 17.2. The van der Waals surface area contributed by atoms with Gasteiger partial charge < -0.3 is 10.1 Å². The van der Waals surface area contributed by atoms with Gasteiger partial charge in [0.2, 0.25) is 5.91 Å². The molecule has 1 aliphatic heterocycles. The van der Waals surface area contributed by atoms with E-state index in [-0.39, 0.29) is 16.2 Å². The average Bonchev–Trinajstić information content (AvgIpc) is 3.40. The first kappa shape index (κ1) is 23.4. The maximum atomic E-state index is 13.1. The molecular formula is C24H27N3O4S2. The van der Waals surface area contributed by atoms with Crippen LogP contribution in [0.3, 0.4) is 0 Å². The summed E-state index contributed by atoms with van der Waals surface area (Å²) >= 11 is 1.18. The van der Waals surface area contributed by atoms with Crippen LogP contribution in [-0.2, 0) is 21.4 Å². The Kier molecular flexibility index (Phi) is 7.42. The quantitative estimate of drug-likeness (QED) is 0.518. The molecule has 1 aliphatic rings. The third kappa shape index (κ3) is 5.61. The lowest BCUT2D eigenvalue weighted by atomic mass is 10.0. The Labute approximate surface area is 198 Å². The smallest absolute Gasteiger partial charge is 0.253 e. The first-order valence-electron chi connectivity index (χ1n) is 10.9. The van der Waals surface area contributed by atoms with Gasteiger partial charge in [0.25, 0.3) is 10.0 Å². The van der Waals surface area contributed by atoms with E-state index in [2.05, 4.69) is 10.3 Å². The van der Waals surface area contributed by atoms with Crippen LogP contribution in [-0.4, -0.2) is 36.2 Å². The number of carbonyl (C=O) groups excluding carboxylic acids is 1. The summed E-state index contributed by atoms with van der Waals surface area (Å²) < 4.78 is 33.5. The number of nitrogens with zero attached hydrogens (tertiary/aromatic N) is 2. The standard InChI is InChI=1S/C24H27N3O4S2/c1-18(20-9-11-21(12-10-20)31-17-19-6-4-13-25-16-19)26-24(28)22-7-2-3-14-27(22)33(29,30)23-8-5-15-32-23/h4-6,8-13,15-16,18,22H,2-3,7,14,17H2,1H3,(H,26,28). The van der Waals surface area contributed by atoms with E-state index in [4.69, 9.17) is 4.74 Å². The zero-order chi connectivity index (χ0) is 23.3. The lowest BCUT2D eigenvalue weighted by Crippen LogP contribution is -2.52. The van der Waals surface area contributed by atoms with Crippen LogP contribution in [0.2, 0.25) is 0 Å². The number of nitrogens with one attached hydrogen (secondary N) is 1. The van der Waals surface area contributed by atoms with Gasteiger partial charge in [0.15, 0.2) is 0 Å². The summed E-state index contributed by atoms with van der Waals surface area (Å²) in [5.41, 5.74) is 1.90. The Morgan fingerprint density at radius 1 is 1.21 bits per heavy atom. The van der Waals surface area contributed by atoms with Gasteiger partial charge in [-0.25, -0.2) is 8.42 Å². The Bertz CT molecular complexity index is 1150. The van der Waals surface area contributed by atoms with Crippen LogP contribution in [0.1, 0.15) is 43.4 Å². The Balaban J connectivity index is 1.39. The number of aromatic nitrogens is 1. The second kappa shape index (κ2) is 10.5. The fourth-order valence-electron chi connectivity index (χ4n) is 3.88. The summed E-state index contributed by atoms with van der Waals surface area (Å²) in [5.74, 6) is 0.459. The number of pyridine rings is 1. The van der Waals surface area contributed by atoms with Gasteiger partial charge >= 0.3 is 0 Å². The monoisotopic (exact) mass is 485 g/mol. The van der Waals surface area contributed by atoms with Crippen LogP contribution in [0, 0.1) is 0 Å². The number of sulfonamides is 1. The highest BCUT2D eigenvalue weighted by Crippen LogP contribution is 2.28. The fraction of sp³-hybridized carbons (Fsp3) is 0.333. The molecule has 1 aromatic carbocycles. The van der Waals surface area contributed by atoms with E-state index >= 15 is 0 Å². The number of piperidine rings is 1. The van der Waals surface area contributed by atoms with E-state index in [1.165, 1.54) is 15.6 Å². The van der Waals surface area contributed by atoms with Crippen LogP contribution in [0.15, 0.2) is 70.5 Å². The first-order valence-corrected chi connectivity index (χ1v) is 13.2. The van der Waals surface area contributed by atoms with Crippen LogP contribution >= 0.6 is 11.3 Å². The minimum Gasteiger partial charge on any atom is -0.489 e. The van der Waals surface area contributed by atoms with Gasteiger partial charge in [-0.3, -0.25) is 9.78 Å².